The van der Waals surface area contributed by atoms with Gasteiger partial charge in [0.25, 0.3) is 0 Å². The summed E-state index contributed by atoms with van der Waals surface area (Å²) < 4.78 is 28.7. The lowest BCUT2D eigenvalue weighted by Crippen LogP contribution is -2.52. The van der Waals surface area contributed by atoms with Crippen LogP contribution in [-0.4, -0.2) is 71.9 Å². The Balaban J connectivity index is 2.10. The van der Waals surface area contributed by atoms with E-state index in [9.17, 15) is 5.11 Å². The molecule has 3 rings (SSSR count). The van der Waals surface area contributed by atoms with E-state index in [2.05, 4.69) is 19.2 Å². The lowest BCUT2D eigenvalue weighted by atomic mass is 9.86. The number of nitrogens with zero attached hydrogens (tertiary/aromatic N) is 1. The fourth-order valence-corrected chi connectivity index (χ4v) is 4.84. The fourth-order valence-electron chi connectivity index (χ4n) is 4.84. The summed E-state index contributed by atoms with van der Waals surface area (Å²) in [6.45, 7) is 2.06. The van der Waals surface area contributed by atoms with Gasteiger partial charge in [-0.05, 0) is 35.4 Å². The minimum Gasteiger partial charge on any atom is -0.493 e. The Bertz CT molecular complexity index is 906. The van der Waals surface area contributed by atoms with Crippen molar-refractivity contribution < 1.29 is 33.3 Å². The van der Waals surface area contributed by atoms with E-state index in [1.54, 1.807) is 35.5 Å². The van der Waals surface area contributed by atoms with Gasteiger partial charge in [-0.25, -0.2) is 0 Å². The fraction of sp³-hybridized carbons (Fsp3) is 0.520. The van der Waals surface area contributed by atoms with Crippen LogP contribution >= 0.6 is 0 Å². The zero-order valence-electron chi connectivity index (χ0n) is 20.1. The first-order valence-corrected chi connectivity index (χ1v) is 10.9. The van der Waals surface area contributed by atoms with Crippen LogP contribution in [0.15, 0.2) is 24.3 Å². The Labute approximate surface area is 191 Å². The molecule has 32 heavy (non-hydrogen) atoms. The molecule has 0 unspecified atom stereocenters. The number of methoxy groups -OCH3 is 5. The second-order valence-electron chi connectivity index (χ2n) is 8.41. The number of benzene rings is 2. The lowest BCUT2D eigenvalue weighted by molar-refractivity contribution is -0.941. The molecule has 0 amide bonds. The van der Waals surface area contributed by atoms with Gasteiger partial charge in [-0.1, -0.05) is 0 Å². The van der Waals surface area contributed by atoms with Crippen LogP contribution < -0.4 is 23.7 Å². The van der Waals surface area contributed by atoms with Gasteiger partial charge in [0.15, 0.2) is 23.0 Å². The Morgan fingerprint density at radius 1 is 0.844 bits per heavy atom. The summed E-state index contributed by atoms with van der Waals surface area (Å²) in [6, 6.07) is 8.43. The summed E-state index contributed by atoms with van der Waals surface area (Å²) in [5.41, 5.74) is 3.63. The monoisotopic (exact) mass is 446 g/mol. The van der Waals surface area contributed by atoms with Crippen molar-refractivity contribution in [1.29, 1.82) is 0 Å². The number of rotatable bonds is 10. The molecule has 0 radical (unpaired) electrons. The largest absolute Gasteiger partial charge is 0.493 e. The molecule has 0 spiro atoms. The minimum absolute atomic E-state index is 0.174. The second-order valence-corrected chi connectivity index (χ2v) is 8.41. The third kappa shape index (κ3) is 4.59. The molecule has 1 aliphatic rings. The number of ether oxygens (including phenoxy) is 5. The molecule has 2 atom stereocenters. The molecule has 1 aliphatic heterocycles. The van der Waals surface area contributed by atoms with Gasteiger partial charge in [-0.15, -0.1) is 0 Å². The molecule has 7 heteroatoms. The van der Waals surface area contributed by atoms with Gasteiger partial charge >= 0.3 is 0 Å². The standard InChI is InChI=1S/C25H36NO6/c1-26(9-7-11-27)10-8-18-15-21(28-2)22(29-3)16-19(18)20(26)12-17-13-23(30-4)25(32-6)24(14-17)31-5/h13-16,20,27H,7-12H2,1-6H3/q+1/t20-,26-/m1/s1. The summed E-state index contributed by atoms with van der Waals surface area (Å²) in [5.74, 6) is 3.37. The van der Waals surface area contributed by atoms with Gasteiger partial charge in [-0.2, -0.15) is 0 Å². The topological polar surface area (TPSA) is 66.4 Å². The molecule has 7 nitrogen and oxygen atoms in total. The Hall–Kier alpha value is -2.64. The van der Waals surface area contributed by atoms with Gasteiger partial charge < -0.3 is 33.3 Å². The van der Waals surface area contributed by atoms with Gasteiger partial charge in [0.1, 0.15) is 6.04 Å². The van der Waals surface area contributed by atoms with Crippen LogP contribution in [0.3, 0.4) is 0 Å². The molecule has 0 aromatic heterocycles. The quantitative estimate of drug-likeness (QED) is 0.565. The smallest absolute Gasteiger partial charge is 0.203 e. The Morgan fingerprint density at radius 3 is 1.97 bits per heavy atom. The number of fused-ring (bicyclic) bond motifs is 1. The molecule has 0 bridgehead atoms. The summed E-state index contributed by atoms with van der Waals surface area (Å²) >= 11 is 0. The predicted octanol–water partition coefficient (Wildman–Crippen LogP) is 3.40. The van der Waals surface area contributed by atoms with Crippen LogP contribution in [0.4, 0.5) is 0 Å². The number of quaternary nitrogens is 1. The third-order valence-corrected chi connectivity index (χ3v) is 6.63. The maximum Gasteiger partial charge on any atom is 0.203 e. The van der Waals surface area contributed by atoms with Crippen molar-refractivity contribution in [3.05, 3.63) is 41.0 Å². The number of aliphatic hydroxyl groups excluding tert-OH is 1. The van der Waals surface area contributed by atoms with Crippen LogP contribution in [0, 0.1) is 0 Å². The van der Waals surface area contributed by atoms with Crippen LogP contribution in [0.25, 0.3) is 0 Å². The van der Waals surface area contributed by atoms with Crippen LogP contribution in [0.2, 0.25) is 0 Å². The van der Waals surface area contributed by atoms with E-state index in [-0.39, 0.29) is 12.6 Å². The molecule has 0 saturated carbocycles. The average Bonchev–Trinajstić information content (AvgIpc) is 2.83. The zero-order valence-corrected chi connectivity index (χ0v) is 20.1. The van der Waals surface area contributed by atoms with E-state index in [4.69, 9.17) is 23.7 Å². The minimum atomic E-state index is 0.174. The highest BCUT2D eigenvalue weighted by atomic mass is 16.5. The van der Waals surface area contributed by atoms with Crippen molar-refractivity contribution >= 4 is 0 Å². The van der Waals surface area contributed by atoms with Gasteiger partial charge in [-0.3, -0.25) is 0 Å². The molecule has 0 saturated heterocycles. The molecule has 1 heterocycles. The highest BCUT2D eigenvalue weighted by Crippen LogP contribution is 2.44. The van der Waals surface area contributed by atoms with E-state index >= 15 is 0 Å². The van der Waals surface area contributed by atoms with E-state index in [0.717, 1.165) is 53.9 Å². The molecular weight excluding hydrogens is 410 g/mol. The molecular formula is C25H36NO6+. The van der Waals surface area contributed by atoms with Crippen molar-refractivity contribution in [3.8, 4) is 28.7 Å². The van der Waals surface area contributed by atoms with Crippen LogP contribution in [-0.2, 0) is 12.8 Å². The van der Waals surface area contributed by atoms with Gasteiger partial charge in [0.05, 0.1) is 55.7 Å². The summed E-state index contributed by atoms with van der Waals surface area (Å²) in [6.07, 6.45) is 2.48. The summed E-state index contributed by atoms with van der Waals surface area (Å²) in [4.78, 5) is 0. The van der Waals surface area contributed by atoms with Crippen molar-refractivity contribution in [2.75, 3.05) is 62.3 Å². The molecule has 2 aromatic rings. The van der Waals surface area contributed by atoms with E-state index in [0.29, 0.717) is 17.2 Å². The van der Waals surface area contributed by atoms with Gasteiger partial charge in [0.2, 0.25) is 5.75 Å². The molecule has 176 valence electrons. The Kier molecular flexibility index (Phi) is 7.74. The third-order valence-electron chi connectivity index (χ3n) is 6.63. The Morgan fingerprint density at radius 2 is 1.44 bits per heavy atom. The number of aliphatic hydroxyl groups is 1. The molecule has 0 aliphatic carbocycles. The van der Waals surface area contributed by atoms with Crippen LogP contribution in [0.1, 0.15) is 29.2 Å². The maximum absolute atomic E-state index is 9.53. The first-order chi connectivity index (χ1) is 15.4. The number of likely N-dealkylation sites (N-methyl/N-ethyl adjacent to an activating group) is 1. The van der Waals surface area contributed by atoms with Crippen molar-refractivity contribution in [3.63, 3.8) is 0 Å². The van der Waals surface area contributed by atoms with Crippen molar-refractivity contribution in [2.45, 2.75) is 25.3 Å². The van der Waals surface area contributed by atoms with Crippen molar-refractivity contribution in [2.24, 2.45) is 0 Å². The zero-order chi connectivity index (χ0) is 23.3. The highest BCUT2D eigenvalue weighted by Gasteiger charge is 2.39. The molecule has 0 fully saturated rings. The predicted molar refractivity (Wildman–Crippen MR) is 123 cm³/mol. The number of hydrogen-bond acceptors (Lipinski definition) is 6. The van der Waals surface area contributed by atoms with Crippen LogP contribution in [0.5, 0.6) is 28.7 Å². The van der Waals surface area contributed by atoms with E-state index < -0.39 is 0 Å². The highest BCUT2D eigenvalue weighted by molar-refractivity contribution is 5.54. The second kappa shape index (κ2) is 10.3. The van der Waals surface area contributed by atoms with E-state index in [1.165, 1.54) is 11.1 Å². The first kappa shape index (κ1) is 24.0. The molecule has 2 aromatic carbocycles. The number of hydrogen-bond donors (Lipinski definition) is 1. The first-order valence-electron chi connectivity index (χ1n) is 10.9. The van der Waals surface area contributed by atoms with E-state index in [1.807, 2.05) is 12.1 Å². The maximum atomic E-state index is 9.53. The average molecular weight is 447 g/mol. The normalized spacial score (nSPS) is 19.8. The molecule has 1 N–H and O–H groups in total. The van der Waals surface area contributed by atoms with Gasteiger partial charge in [0, 0.05) is 31.4 Å². The van der Waals surface area contributed by atoms with Crippen molar-refractivity contribution in [1.82, 2.24) is 0 Å². The SMILES string of the molecule is COc1cc2c(cc1OC)[C@@H](Cc1cc(OC)c(OC)c(OC)c1)[N@+](C)(CCCO)CC2. The summed E-state index contributed by atoms with van der Waals surface area (Å²) in [5, 5.41) is 9.53. The summed E-state index contributed by atoms with van der Waals surface area (Å²) in [7, 11) is 10.5. The lowest BCUT2D eigenvalue weighted by Gasteiger charge is -2.46.